The average molecular weight is 558 g/mol. The van der Waals surface area contributed by atoms with E-state index < -0.39 is 16.6 Å². The number of rotatable bonds is 7. The van der Waals surface area contributed by atoms with Crippen molar-refractivity contribution in [3.8, 4) is 16.9 Å². The molecule has 0 spiro atoms. The van der Waals surface area contributed by atoms with Crippen molar-refractivity contribution in [1.29, 1.82) is 0 Å². The predicted octanol–water partition coefficient (Wildman–Crippen LogP) is 6.35. The number of nitrogens with zero attached hydrogens (tertiary/aromatic N) is 2. The van der Waals surface area contributed by atoms with Gasteiger partial charge in [0.2, 0.25) is 11.9 Å². The highest BCUT2D eigenvalue weighted by Gasteiger charge is 2.43. The number of carbonyl (C=O) groups is 1. The minimum Gasteiger partial charge on any atom is -0.496 e. The number of amides is 1. The zero-order valence-corrected chi connectivity index (χ0v) is 22.9. The Hall–Kier alpha value is -2.68. The Morgan fingerprint density at radius 1 is 1.13 bits per heavy atom. The second-order valence-electron chi connectivity index (χ2n) is 9.75. The number of hydrogen-bond acceptors (Lipinski definition) is 5. The number of carbonyl (C=O) groups excluding carboxylic acids is 1. The van der Waals surface area contributed by atoms with Crippen molar-refractivity contribution in [1.82, 2.24) is 15.2 Å². The van der Waals surface area contributed by atoms with Crippen molar-refractivity contribution >= 4 is 29.3 Å². The molecule has 3 aromatic rings. The van der Waals surface area contributed by atoms with E-state index in [2.05, 4.69) is 10.3 Å². The summed E-state index contributed by atoms with van der Waals surface area (Å²) in [4.78, 5) is 20.4. The van der Waals surface area contributed by atoms with Crippen LogP contribution in [0.25, 0.3) is 11.1 Å². The number of fused-ring (bicyclic) bond motifs is 1. The van der Waals surface area contributed by atoms with E-state index in [1.807, 2.05) is 36.2 Å². The maximum Gasteiger partial charge on any atom is 0.238 e. The SMILES string of the molecule is CN[C@H]1CC[C@@H](N(Cc2cc(-c3ccnc(F)c3)ccc2OC)C(=O)C2Sc3cccc(F)c3C2Cl)CC1. The quantitative estimate of drug-likeness (QED) is 0.271. The summed E-state index contributed by atoms with van der Waals surface area (Å²) in [6.07, 6.45) is 5.03. The summed E-state index contributed by atoms with van der Waals surface area (Å²) in [5, 5.41) is 1.96. The van der Waals surface area contributed by atoms with Gasteiger partial charge in [0.1, 0.15) is 16.8 Å². The van der Waals surface area contributed by atoms with Crippen molar-refractivity contribution in [3.63, 3.8) is 0 Å². The van der Waals surface area contributed by atoms with Gasteiger partial charge in [-0.1, -0.05) is 12.1 Å². The number of thioether (sulfide) groups is 1. The highest BCUT2D eigenvalue weighted by molar-refractivity contribution is 8.01. The Morgan fingerprint density at radius 3 is 2.58 bits per heavy atom. The number of alkyl halides is 1. The van der Waals surface area contributed by atoms with Crippen LogP contribution in [0.1, 0.15) is 42.2 Å². The standard InChI is InChI=1S/C29H30ClF2N3O2S/c1-33-20-7-9-21(10-8-20)35(29(36)28-27(30)26-22(31)4-3-5-24(26)38-28)16-19-14-17(6-11-23(19)37-2)18-12-13-34-25(32)15-18/h3-6,11-15,20-21,27-28,33H,7-10,16H2,1-2H3/t20-,21+,27?,28?. The van der Waals surface area contributed by atoms with Gasteiger partial charge >= 0.3 is 0 Å². The smallest absolute Gasteiger partial charge is 0.238 e. The monoisotopic (exact) mass is 557 g/mol. The van der Waals surface area contributed by atoms with Crippen LogP contribution < -0.4 is 10.1 Å². The number of halogens is 3. The predicted molar refractivity (Wildman–Crippen MR) is 146 cm³/mol. The Kier molecular flexibility index (Phi) is 8.21. The molecule has 1 N–H and O–H groups in total. The van der Waals surface area contributed by atoms with Gasteiger partial charge in [0.15, 0.2) is 0 Å². The molecule has 1 aliphatic heterocycles. The number of pyridine rings is 1. The molecule has 5 nitrogen and oxygen atoms in total. The largest absolute Gasteiger partial charge is 0.496 e. The van der Waals surface area contributed by atoms with E-state index in [1.54, 1.807) is 19.2 Å². The maximum atomic E-state index is 14.6. The van der Waals surface area contributed by atoms with Gasteiger partial charge in [0.25, 0.3) is 0 Å². The minimum absolute atomic E-state index is 0.0110. The number of methoxy groups -OCH3 is 1. The van der Waals surface area contributed by atoms with Gasteiger partial charge in [-0.3, -0.25) is 4.79 Å². The normalized spacial score (nSPS) is 22.7. The summed E-state index contributed by atoms with van der Waals surface area (Å²) in [6.45, 7) is 0.303. The van der Waals surface area contributed by atoms with Gasteiger partial charge in [-0.05, 0) is 74.2 Å². The molecule has 9 heteroatoms. The number of nitrogens with one attached hydrogen (secondary N) is 1. The van der Waals surface area contributed by atoms with Crippen LogP contribution in [-0.2, 0) is 11.3 Å². The third kappa shape index (κ3) is 5.40. The molecule has 1 fully saturated rings. The molecule has 38 heavy (non-hydrogen) atoms. The Balaban J connectivity index is 1.48. The first-order valence-electron chi connectivity index (χ1n) is 12.7. The lowest BCUT2D eigenvalue weighted by atomic mass is 9.89. The number of benzene rings is 2. The van der Waals surface area contributed by atoms with Gasteiger partial charge in [0, 0.05) is 46.9 Å². The molecule has 2 heterocycles. The molecular formula is C29H30ClF2N3O2S. The summed E-state index contributed by atoms with van der Waals surface area (Å²) >= 11 is 8.07. The van der Waals surface area contributed by atoms with Gasteiger partial charge in [0.05, 0.1) is 12.5 Å². The molecule has 1 saturated carbocycles. The van der Waals surface area contributed by atoms with E-state index in [0.29, 0.717) is 34.4 Å². The van der Waals surface area contributed by atoms with Gasteiger partial charge in [-0.15, -0.1) is 23.4 Å². The van der Waals surface area contributed by atoms with Crippen LogP contribution in [-0.4, -0.2) is 47.3 Å². The summed E-state index contributed by atoms with van der Waals surface area (Å²) in [5.74, 6) is -0.414. The first kappa shape index (κ1) is 26.9. The molecule has 0 bridgehead atoms. The van der Waals surface area contributed by atoms with Crippen molar-refractivity contribution in [2.24, 2.45) is 0 Å². The van der Waals surface area contributed by atoms with E-state index in [9.17, 15) is 13.6 Å². The lowest BCUT2D eigenvalue weighted by molar-refractivity contribution is -0.134. The van der Waals surface area contributed by atoms with Crippen molar-refractivity contribution < 1.29 is 18.3 Å². The number of aromatic nitrogens is 1. The molecule has 2 atom stereocenters. The number of ether oxygens (including phenoxy) is 1. The summed E-state index contributed by atoms with van der Waals surface area (Å²) in [7, 11) is 3.56. The van der Waals surface area contributed by atoms with Crippen LogP contribution in [0.2, 0.25) is 0 Å². The highest BCUT2D eigenvalue weighted by Crippen LogP contribution is 2.49. The van der Waals surface area contributed by atoms with Crippen LogP contribution in [0.15, 0.2) is 59.6 Å². The summed E-state index contributed by atoms with van der Waals surface area (Å²) in [6, 6.07) is 14.0. The van der Waals surface area contributed by atoms with Gasteiger partial charge in [-0.2, -0.15) is 4.39 Å². The van der Waals surface area contributed by atoms with Crippen LogP contribution >= 0.6 is 23.4 Å². The second-order valence-corrected chi connectivity index (χ2v) is 11.4. The Labute approximate surface area is 230 Å². The molecule has 1 amide bonds. The topological polar surface area (TPSA) is 54.5 Å². The Morgan fingerprint density at radius 2 is 1.89 bits per heavy atom. The fraction of sp³-hybridized carbons (Fsp3) is 0.379. The second kappa shape index (κ2) is 11.6. The molecule has 0 radical (unpaired) electrons. The van der Waals surface area contributed by atoms with E-state index >= 15 is 0 Å². The summed E-state index contributed by atoms with van der Waals surface area (Å²) < 4.78 is 34.1. The van der Waals surface area contributed by atoms with E-state index in [4.69, 9.17) is 16.3 Å². The van der Waals surface area contributed by atoms with E-state index in [0.717, 1.165) is 36.8 Å². The van der Waals surface area contributed by atoms with Crippen molar-refractivity contribution in [2.75, 3.05) is 14.2 Å². The van der Waals surface area contributed by atoms with Crippen molar-refractivity contribution in [3.05, 3.63) is 77.6 Å². The highest BCUT2D eigenvalue weighted by atomic mass is 35.5. The molecule has 2 aliphatic rings. The minimum atomic E-state index is -0.757. The van der Waals surface area contributed by atoms with Gasteiger partial charge in [-0.25, -0.2) is 9.37 Å². The zero-order valence-electron chi connectivity index (χ0n) is 21.3. The molecule has 2 aromatic carbocycles. The van der Waals surface area contributed by atoms with E-state index in [1.165, 1.54) is 30.1 Å². The molecule has 1 aliphatic carbocycles. The zero-order chi connectivity index (χ0) is 26.8. The first-order valence-corrected chi connectivity index (χ1v) is 14.1. The van der Waals surface area contributed by atoms with Crippen LogP contribution in [0.4, 0.5) is 8.78 Å². The Bertz CT molecular complexity index is 1320. The average Bonchev–Trinajstić information content (AvgIpc) is 3.28. The third-order valence-corrected chi connectivity index (χ3v) is 9.52. The van der Waals surface area contributed by atoms with Gasteiger partial charge < -0.3 is 15.0 Å². The van der Waals surface area contributed by atoms with E-state index in [-0.39, 0.29) is 17.8 Å². The lowest BCUT2D eigenvalue weighted by Crippen LogP contribution is -2.47. The van der Waals surface area contributed by atoms with Crippen LogP contribution in [0.3, 0.4) is 0 Å². The molecular weight excluding hydrogens is 528 g/mol. The van der Waals surface area contributed by atoms with Crippen LogP contribution in [0, 0.1) is 11.8 Å². The maximum absolute atomic E-state index is 14.6. The lowest BCUT2D eigenvalue weighted by Gasteiger charge is -2.38. The molecule has 5 rings (SSSR count). The summed E-state index contributed by atoms with van der Waals surface area (Å²) in [5.41, 5.74) is 2.69. The molecule has 200 valence electrons. The fourth-order valence-corrected chi connectivity index (χ4v) is 7.31. The van der Waals surface area contributed by atoms with Crippen molar-refractivity contribution in [2.45, 2.75) is 59.8 Å². The molecule has 0 saturated heterocycles. The molecule has 1 aromatic heterocycles. The van der Waals surface area contributed by atoms with Crippen LogP contribution in [0.5, 0.6) is 5.75 Å². The fourth-order valence-electron chi connectivity index (χ4n) is 5.48. The first-order chi connectivity index (χ1) is 18.4. The third-order valence-electron chi connectivity index (χ3n) is 7.56. The number of hydrogen-bond donors (Lipinski definition) is 1. The molecule has 2 unspecified atom stereocenters.